The summed E-state index contributed by atoms with van der Waals surface area (Å²) < 4.78 is 0. The lowest BCUT2D eigenvalue weighted by molar-refractivity contribution is -0.113. The highest BCUT2D eigenvalue weighted by atomic mass is 16.2. The van der Waals surface area contributed by atoms with E-state index in [4.69, 9.17) is 0 Å². The number of allylic oxidation sites excluding steroid dienone is 1. The summed E-state index contributed by atoms with van der Waals surface area (Å²) >= 11 is 0. The second kappa shape index (κ2) is 7.27. The Morgan fingerprint density at radius 2 is 1.74 bits per heavy atom. The molecule has 0 radical (unpaired) electrons. The van der Waals surface area contributed by atoms with E-state index in [0.29, 0.717) is 11.3 Å². The first-order chi connectivity index (χ1) is 15.0. The topological polar surface area (TPSA) is 61.4 Å². The molecule has 5 rings (SSSR count). The van der Waals surface area contributed by atoms with E-state index in [1.165, 1.54) is 21.4 Å². The normalized spacial score (nSPS) is 17.8. The van der Waals surface area contributed by atoms with E-state index >= 15 is 0 Å². The number of hydrogen-bond acceptors (Lipinski definition) is 2. The van der Waals surface area contributed by atoms with Gasteiger partial charge in [0.15, 0.2) is 0 Å². The fourth-order valence-corrected chi connectivity index (χ4v) is 4.79. The number of hydrogen-bond donors (Lipinski definition) is 2. The highest BCUT2D eigenvalue weighted by molar-refractivity contribution is 6.08. The van der Waals surface area contributed by atoms with E-state index in [1.807, 2.05) is 38.1 Å². The van der Waals surface area contributed by atoms with Gasteiger partial charge in [0.1, 0.15) is 0 Å². The molecule has 1 atom stereocenters. The molecule has 3 amide bonds. The molecule has 0 fully saturated rings. The van der Waals surface area contributed by atoms with Crippen molar-refractivity contribution in [2.24, 2.45) is 0 Å². The van der Waals surface area contributed by atoms with Gasteiger partial charge < -0.3 is 15.5 Å². The van der Waals surface area contributed by atoms with E-state index in [-0.39, 0.29) is 11.9 Å². The molecule has 5 heteroatoms. The second-order valence-corrected chi connectivity index (χ2v) is 8.36. The Balaban J connectivity index is 1.64. The molecule has 3 aromatic carbocycles. The van der Waals surface area contributed by atoms with Crippen LogP contribution < -0.4 is 10.6 Å². The summed E-state index contributed by atoms with van der Waals surface area (Å²) in [6.07, 6.45) is 2.07. The number of nitrogens with zero attached hydrogens (tertiary/aromatic N) is 1. The molecule has 0 unspecified atom stereocenters. The van der Waals surface area contributed by atoms with Gasteiger partial charge in [0.25, 0.3) is 5.91 Å². The number of anilines is 1. The van der Waals surface area contributed by atoms with Crippen molar-refractivity contribution in [3.8, 4) is 0 Å². The van der Waals surface area contributed by atoms with E-state index in [0.717, 1.165) is 35.0 Å². The zero-order valence-electron chi connectivity index (χ0n) is 18.0. The fraction of sp³-hybridized carbons (Fsp3) is 0.231. The highest BCUT2D eigenvalue weighted by Crippen LogP contribution is 2.39. The van der Waals surface area contributed by atoms with Crippen LogP contribution in [0.3, 0.4) is 0 Å². The van der Waals surface area contributed by atoms with Crippen LogP contribution in [0.5, 0.6) is 0 Å². The number of aryl methyl sites for hydroxylation is 3. The van der Waals surface area contributed by atoms with E-state index in [2.05, 4.69) is 41.0 Å². The van der Waals surface area contributed by atoms with Crippen LogP contribution in [-0.2, 0) is 17.6 Å². The van der Waals surface area contributed by atoms with E-state index in [9.17, 15) is 9.59 Å². The molecule has 0 saturated carbocycles. The number of benzene rings is 3. The van der Waals surface area contributed by atoms with Crippen LogP contribution in [-0.4, -0.2) is 23.9 Å². The first-order valence-corrected chi connectivity index (χ1v) is 10.6. The van der Waals surface area contributed by atoms with Crippen molar-refractivity contribution in [3.63, 3.8) is 0 Å². The Morgan fingerprint density at radius 3 is 2.52 bits per heavy atom. The number of nitrogens with one attached hydrogen (secondary N) is 2. The quantitative estimate of drug-likeness (QED) is 0.647. The zero-order chi connectivity index (χ0) is 21.7. The summed E-state index contributed by atoms with van der Waals surface area (Å²) in [5.41, 5.74) is 6.60. The van der Waals surface area contributed by atoms with Gasteiger partial charge in [0.2, 0.25) is 0 Å². The maximum absolute atomic E-state index is 13.5. The third kappa shape index (κ3) is 3.08. The van der Waals surface area contributed by atoms with Crippen LogP contribution in [0, 0.1) is 6.92 Å². The molecule has 1 aliphatic carbocycles. The minimum Gasteiger partial charge on any atom is -0.326 e. The van der Waals surface area contributed by atoms with Crippen molar-refractivity contribution in [2.75, 3.05) is 12.4 Å². The molecule has 1 aliphatic heterocycles. The molecule has 0 aromatic heterocycles. The van der Waals surface area contributed by atoms with Gasteiger partial charge in [-0.15, -0.1) is 0 Å². The van der Waals surface area contributed by atoms with Crippen LogP contribution in [0.2, 0.25) is 0 Å². The Morgan fingerprint density at radius 1 is 1.00 bits per heavy atom. The number of rotatable bonds is 3. The molecule has 3 aromatic rings. The average molecular weight is 412 g/mol. The standard InChI is InChI=1S/C26H25N3O2/c1-15-7-4-5-10-21(15)27-25(30)22-16(2)29(3)26(31)28-24(22)20-14-13-18-12-11-17-8-6-9-19(20)23(17)18/h4-10,13-14,24H,11-12H2,1-3H3,(H,27,30)(H,28,31)/t24-/m1/s1. The Labute approximate surface area is 181 Å². The molecular formula is C26H25N3O2. The molecule has 1 heterocycles. The van der Waals surface area contributed by atoms with E-state index in [1.54, 1.807) is 7.05 Å². The number of carbonyl (C=O) groups excluding carboxylic acids is 2. The molecule has 0 spiro atoms. The highest BCUT2D eigenvalue weighted by Gasteiger charge is 2.35. The lowest BCUT2D eigenvalue weighted by Crippen LogP contribution is -2.46. The SMILES string of the molecule is CC1=C(C(=O)Nc2ccccc2C)[C@@H](c2ccc3c4c(cccc24)CC3)NC(=O)N1C. The smallest absolute Gasteiger partial charge is 0.322 e. The lowest BCUT2D eigenvalue weighted by atomic mass is 9.89. The largest absolute Gasteiger partial charge is 0.326 e. The summed E-state index contributed by atoms with van der Waals surface area (Å²) in [6, 6.07) is 17.5. The third-order valence-corrected chi connectivity index (χ3v) is 6.61. The first-order valence-electron chi connectivity index (χ1n) is 10.6. The van der Waals surface area contributed by atoms with Gasteiger partial charge in [-0.3, -0.25) is 4.79 Å². The Kier molecular flexibility index (Phi) is 4.54. The molecule has 156 valence electrons. The number of amides is 3. The summed E-state index contributed by atoms with van der Waals surface area (Å²) in [4.78, 5) is 27.7. The van der Waals surface area contributed by atoms with Crippen LogP contribution in [0.25, 0.3) is 10.8 Å². The second-order valence-electron chi connectivity index (χ2n) is 8.36. The molecule has 0 saturated heterocycles. The van der Waals surface area contributed by atoms with Crippen LogP contribution >= 0.6 is 0 Å². The average Bonchev–Trinajstić information content (AvgIpc) is 3.18. The van der Waals surface area contributed by atoms with Gasteiger partial charge in [-0.2, -0.15) is 0 Å². The van der Waals surface area contributed by atoms with Gasteiger partial charge in [0, 0.05) is 18.4 Å². The number of urea groups is 1. The van der Waals surface area contributed by atoms with Crippen molar-refractivity contribution >= 4 is 28.4 Å². The predicted octanol–water partition coefficient (Wildman–Crippen LogP) is 4.86. The predicted molar refractivity (Wildman–Crippen MR) is 123 cm³/mol. The molecule has 0 bridgehead atoms. The minimum absolute atomic E-state index is 0.202. The van der Waals surface area contributed by atoms with Crippen LogP contribution in [0.1, 0.15) is 35.2 Å². The fourth-order valence-electron chi connectivity index (χ4n) is 4.79. The van der Waals surface area contributed by atoms with Gasteiger partial charge in [-0.05, 0) is 65.8 Å². The van der Waals surface area contributed by atoms with Crippen LogP contribution in [0.15, 0.2) is 65.9 Å². The van der Waals surface area contributed by atoms with Gasteiger partial charge in [-0.25, -0.2) is 4.79 Å². The lowest BCUT2D eigenvalue weighted by Gasteiger charge is -2.34. The Bertz CT molecular complexity index is 1260. The third-order valence-electron chi connectivity index (χ3n) is 6.61. The van der Waals surface area contributed by atoms with Crippen LogP contribution in [0.4, 0.5) is 10.5 Å². The molecule has 31 heavy (non-hydrogen) atoms. The van der Waals surface area contributed by atoms with Crippen molar-refractivity contribution in [2.45, 2.75) is 32.7 Å². The van der Waals surface area contributed by atoms with Crippen molar-refractivity contribution in [1.29, 1.82) is 0 Å². The first kappa shape index (κ1) is 19.4. The molecular weight excluding hydrogens is 386 g/mol. The van der Waals surface area contributed by atoms with E-state index < -0.39 is 6.04 Å². The summed E-state index contributed by atoms with van der Waals surface area (Å²) in [5, 5.41) is 8.49. The van der Waals surface area contributed by atoms with Gasteiger partial charge >= 0.3 is 6.03 Å². The summed E-state index contributed by atoms with van der Waals surface area (Å²) in [5.74, 6) is -0.202. The molecule has 2 N–H and O–H groups in total. The molecule has 2 aliphatic rings. The maximum atomic E-state index is 13.5. The maximum Gasteiger partial charge on any atom is 0.322 e. The number of carbonyl (C=O) groups is 2. The minimum atomic E-state index is -0.516. The van der Waals surface area contributed by atoms with Gasteiger partial charge in [0.05, 0.1) is 11.6 Å². The van der Waals surface area contributed by atoms with Crippen molar-refractivity contribution in [1.82, 2.24) is 10.2 Å². The van der Waals surface area contributed by atoms with Crippen molar-refractivity contribution < 1.29 is 9.59 Å². The monoisotopic (exact) mass is 411 g/mol. The number of para-hydroxylation sites is 1. The summed E-state index contributed by atoms with van der Waals surface area (Å²) in [6.45, 7) is 3.80. The zero-order valence-corrected chi connectivity index (χ0v) is 18.0. The Hall–Kier alpha value is -3.60. The molecule has 5 nitrogen and oxygen atoms in total. The summed E-state index contributed by atoms with van der Waals surface area (Å²) in [7, 11) is 1.69. The van der Waals surface area contributed by atoms with Gasteiger partial charge in [-0.1, -0.05) is 48.5 Å². The van der Waals surface area contributed by atoms with Crippen molar-refractivity contribution in [3.05, 3.63) is 88.1 Å².